The zero-order chi connectivity index (χ0) is 15.2. The summed E-state index contributed by atoms with van der Waals surface area (Å²) in [5, 5.41) is 3.44. The van der Waals surface area contributed by atoms with E-state index in [0.717, 1.165) is 32.5 Å². The van der Waals surface area contributed by atoms with Crippen molar-refractivity contribution in [3.8, 4) is 0 Å². The summed E-state index contributed by atoms with van der Waals surface area (Å²) in [6, 6.07) is 0.646. The number of nitrogens with zero attached hydrogens (tertiary/aromatic N) is 3. The molecule has 2 rings (SSSR count). The van der Waals surface area contributed by atoms with E-state index in [0.29, 0.717) is 6.04 Å². The topological polar surface area (TPSA) is 33.1 Å². The molecule has 1 aliphatic heterocycles. The molecule has 1 N–H and O–H groups in total. The van der Waals surface area contributed by atoms with Crippen LogP contribution in [0.15, 0.2) is 0 Å². The molecule has 120 valence electrons. The molecule has 0 bridgehead atoms. The van der Waals surface area contributed by atoms with Gasteiger partial charge in [-0.3, -0.25) is 0 Å². The molecule has 0 fully saturated rings. The minimum Gasteiger partial charge on any atom is -0.332 e. The summed E-state index contributed by atoms with van der Waals surface area (Å²) in [4.78, 5) is 7.30. The van der Waals surface area contributed by atoms with Crippen molar-refractivity contribution in [2.75, 3.05) is 20.1 Å². The van der Waals surface area contributed by atoms with Gasteiger partial charge in [-0.05, 0) is 46.7 Å². The minimum absolute atomic E-state index is 0.646. The summed E-state index contributed by atoms with van der Waals surface area (Å²) >= 11 is 0. The largest absolute Gasteiger partial charge is 0.332 e. The molecule has 0 atom stereocenters. The highest BCUT2D eigenvalue weighted by molar-refractivity contribution is 5.20. The summed E-state index contributed by atoms with van der Waals surface area (Å²) in [5.41, 5.74) is 2.79. The molecule has 0 aliphatic carbocycles. The lowest BCUT2D eigenvalue weighted by Gasteiger charge is -2.21. The van der Waals surface area contributed by atoms with E-state index in [4.69, 9.17) is 4.98 Å². The van der Waals surface area contributed by atoms with Crippen LogP contribution in [-0.2, 0) is 25.9 Å². The Hall–Kier alpha value is -0.870. The van der Waals surface area contributed by atoms with Crippen molar-refractivity contribution < 1.29 is 0 Å². The number of hydrogen-bond donors (Lipinski definition) is 1. The van der Waals surface area contributed by atoms with Gasteiger partial charge in [0.2, 0.25) is 0 Å². The van der Waals surface area contributed by atoms with Gasteiger partial charge in [-0.15, -0.1) is 0 Å². The second-order valence-electron chi connectivity index (χ2n) is 6.53. The highest BCUT2D eigenvalue weighted by atomic mass is 15.1. The second-order valence-corrected chi connectivity index (χ2v) is 6.53. The first-order chi connectivity index (χ1) is 10.1. The van der Waals surface area contributed by atoms with Crippen molar-refractivity contribution in [1.82, 2.24) is 19.8 Å². The van der Waals surface area contributed by atoms with Crippen molar-refractivity contribution in [3.63, 3.8) is 0 Å². The fraction of sp³-hybridized carbons (Fsp3) is 0.824. The average Bonchev–Trinajstić information content (AvgIpc) is 2.81. The fourth-order valence-electron chi connectivity index (χ4n) is 2.99. The first-order valence-electron chi connectivity index (χ1n) is 8.61. The van der Waals surface area contributed by atoms with E-state index in [1.807, 2.05) is 0 Å². The maximum atomic E-state index is 4.87. The SMILES string of the molecule is CCCc1nc2c(n1CCCCN(C)C(C)C)CCNC2. The molecule has 0 spiro atoms. The molecule has 1 aromatic heterocycles. The average molecular weight is 292 g/mol. The van der Waals surface area contributed by atoms with Gasteiger partial charge >= 0.3 is 0 Å². The van der Waals surface area contributed by atoms with Gasteiger partial charge in [0, 0.05) is 44.2 Å². The maximum Gasteiger partial charge on any atom is 0.109 e. The zero-order valence-corrected chi connectivity index (χ0v) is 14.3. The number of unbranched alkanes of at least 4 members (excludes halogenated alkanes) is 1. The van der Waals surface area contributed by atoms with Crippen LogP contribution in [0.4, 0.5) is 0 Å². The van der Waals surface area contributed by atoms with Gasteiger partial charge in [-0.2, -0.15) is 0 Å². The molecular formula is C17H32N4. The molecule has 21 heavy (non-hydrogen) atoms. The lowest BCUT2D eigenvalue weighted by molar-refractivity contribution is 0.266. The molecule has 4 nitrogen and oxygen atoms in total. The predicted molar refractivity (Wildman–Crippen MR) is 88.6 cm³/mol. The molecule has 0 saturated heterocycles. The molecule has 1 aliphatic rings. The number of rotatable bonds is 8. The molecule has 4 heteroatoms. The summed E-state index contributed by atoms with van der Waals surface area (Å²) in [7, 11) is 2.22. The molecule has 0 aromatic carbocycles. The van der Waals surface area contributed by atoms with Crippen molar-refractivity contribution in [2.24, 2.45) is 0 Å². The van der Waals surface area contributed by atoms with Gasteiger partial charge in [-0.1, -0.05) is 6.92 Å². The Bertz CT molecular complexity index is 436. The quantitative estimate of drug-likeness (QED) is 0.748. The molecule has 2 heterocycles. The molecule has 1 aromatic rings. The first-order valence-corrected chi connectivity index (χ1v) is 8.61. The first kappa shape index (κ1) is 16.5. The van der Waals surface area contributed by atoms with Crippen molar-refractivity contribution in [3.05, 3.63) is 17.2 Å². The minimum atomic E-state index is 0.646. The third-order valence-corrected chi connectivity index (χ3v) is 4.56. The van der Waals surface area contributed by atoms with Gasteiger partial charge in [0.1, 0.15) is 5.82 Å². The van der Waals surface area contributed by atoms with Crippen molar-refractivity contribution in [2.45, 2.75) is 72.0 Å². The third-order valence-electron chi connectivity index (χ3n) is 4.56. The summed E-state index contributed by atoms with van der Waals surface area (Å²) in [5.74, 6) is 1.31. The van der Waals surface area contributed by atoms with E-state index in [-0.39, 0.29) is 0 Å². The number of nitrogens with one attached hydrogen (secondary N) is 1. The molecule has 0 amide bonds. The van der Waals surface area contributed by atoms with Crippen LogP contribution in [0.2, 0.25) is 0 Å². The van der Waals surface area contributed by atoms with E-state index in [9.17, 15) is 0 Å². The lowest BCUT2D eigenvalue weighted by Crippen LogP contribution is -2.27. The summed E-state index contributed by atoms with van der Waals surface area (Å²) in [6.07, 6.45) is 5.95. The van der Waals surface area contributed by atoms with Crippen LogP contribution in [0.25, 0.3) is 0 Å². The van der Waals surface area contributed by atoms with Gasteiger partial charge in [0.15, 0.2) is 0 Å². The molecule has 0 saturated carbocycles. The van der Waals surface area contributed by atoms with E-state index in [2.05, 4.69) is 42.6 Å². The van der Waals surface area contributed by atoms with Gasteiger partial charge < -0.3 is 14.8 Å². The van der Waals surface area contributed by atoms with Crippen LogP contribution >= 0.6 is 0 Å². The number of hydrogen-bond acceptors (Lipinski definition) is 3. The van der Waals surface area contributed by atoms with E-state index >= 15 is 0 Å². The summed E-state index contributed by atoms with van der Waals surface area (Å²) in [6.45, 7) is 11.2. The van der Waals surface area contributed by atoms with Gasteiger partial charge in [0.25, 0.3) is 0 Å². The van der Waals surface area contributed by atoms with Crippen molar-refractivity contribution >= 4 is 0 Å². The number of imidazole rings is 1. The van der Waals surface area contributed by atoms with Crippen LogP contribution in [0.3, 0.4) is 0 Å². The Balaban J connectivity index is 1.93. The van der Waals surface area contributed by atoms with Crippen LogP contribution in [0.5, 0.6) is 0 Å². The third kappa shape index (κ3) is 4.30. The Morgan fingerprint density at radius 2 is 2.14 bits per heavy atom. The van der Waals surface area contributed by atoms with Crippen LogP contribution in [0, 0.1) is 0 Å². The second kappa shape index (κ2) is 7.95. The van der Waals surface area contributed by atoms with Gasteiger partial charge in [-0.25, -0.2) is 4.98 Å². The zero-order valence-electron chi connectivity index (χ0n) is 14.3. The molecular weight excluding hydrogens is 260 g/mol. The Morgan fingerprint density at radius 1 is 1.33 bits per heavy atom. The van der Waals surface area contributed by atoms with E-state index < -0.39 is 0 Å². The highest BCUT2D eigenvalue weighted by Gasteiger charge is 2.18. The fourth-order valence-corrected chi connectivity index (χ4v) is 2.99. The Labute approximate surface area is 129 Å². The summed E-state index contributed by atoms with van der Waals surface area (Å²) < 4.78 is 2.52. The standard InChI is InChI=1S/C17H32N4/c1-5-8-17-19-15-13-18-10-9-16(15)21(17)12-7-6-11-20(4)14(2)3/h14,18H,5-13H2,1-4H3. The monoisotopic (exact) mass is 292 g/mol. The molecule has 0 unspecified atom stereocenters. The molecule has 0 radical (unpaired) electrons. The van der Waals surface area contributed by atoms with Gasteiger partial charge in [0.05, 0.1) is 5.69 Å². The predicted octanol–water partition coefficient (Wildman–Crippen LogP) is 2.60. The Kier molecular flexibility index (Phi) is 6.24. The van der Waals surface area contributed by atoms with Crippen molar-refractivity contribution in [1.29, 1.82) is 0 Å². The van der Waals surface area contributed by atoms with E-state index in [1.165, 1.54) is 43.0 Å². The lowest BCUT2D eigenvalue weighted by atomic mass is 10.1. The number of aryl methyl sites for hydroxylation is 1. The highest BCUT2D eigenvalue weighted by Crippen LogP contribution is 2.18. The van der Waals surface area contributed by atoms with Crippen LogP contribution in [0.1, 0.15) is 57.2 Å². The van der Waals surface area contributed by atoms with Crippen LogP contribution in [-0.4, -0.2) is 40.6 Å². The normalized spacial score (nSPS) is 15.0. The Morgan fingerprint density at radius 3 is 2.86 bits per heavy atom. The van der Waals surface area contributed by atoms with Crippen LogP contribution < -0.4 is 5.32 Å². The maximum absolute atomic E-state index is 4.87. The number of fused-ring (bicyclic) bond motifs is 1. The van der Waals surface area contributed by atoms with E-state index in [1.54, 1.807) is 0 Å². The number of aromatic nitrogens is 2. The smallest absolute Gasteiger partial charge is 0.109 e.